The van der Waals surface area contributed by atoms with E-state index in [-0.39, 0.29) is 5.76 Å². The molecule has 1 atom stereocenters. The fourth-order valence-corrected chi connectivity index (χ4v) is 0.605. The summed E-state index contributed by atoms with van der Waals surface area (Å²) in [6, 6.07) is 0. The lowest BCUT2D eigenvalue weighted by Gasteiger charge is -1.92. The maximum Gasteiger partial charge on any atom is 0.208 e. The number of ether oxygens (including phenoxy) is 1. The van der Waals surface area contributed by atoms with Crippen molar-refractivity contribution in [1.29, 1.82) is 0 Å². The van der Waals surface area contributed by atoms with E-state index in [1.807, 2.05) is 0 Å². The smallest absolute Gasteiger partial charge is 0.208 e. The van der Waals surface area contributed by atoms with Crippen LogP contribution in [0.4, 0.5) is 0 Å². The monoisotopic (exact) mass is 114 g/mol. The molecule has 0 saturated carbocycles. The Labute approximate surface area is 46.6 Å². The Bertz CT molecular complexity index is 135. The molecule has 0 spiro atoms. The van der Waals surface area contributed by atoms with Gasteiger partial charge < -0.3 is 9.84 Å². The van der Waals surface area contributed by atoms with Crippen LogP contribution in [0.15, 0.2) is 5.76 Å². The van der Waals surface area contributed by atoms with Crippen molar-refractivity contribution >= 4 is 5.94 Å². The first-order valence-electron chi connectivity index (χ1n) is 2.40. The Kier molecular flexibility index (Phi) is 1.33. The van der Waals surface area contributed by atoms with E-state index in [0.717, 1.165) is 0 Å². The van der Waals surface area contributed by atoms with Gasteiger partial charge in [-0.25, -0.2) is 4.79 Å². The van der Waals surface area contributed by atoms with E-state index in [1.54, 1.807) is 0 Å². The number of rotatable bonds is 0. The largest absolute Gasteiger partial charge is 0.484 e. The molecule has 3 nitrogen and oxygen atoms in total. The predicted molar refractivity (Wildman–Crippen MR) is 25.8 cm³/mol. The van der Waals surface area contributed by atoms with Gasteiger partial charge in [0.2, 0.25) is 5.76 Å². The van der Waals surface area contributed by atoms with E-state index in [1.165, 1.54) is 5.94 Å². The summed E-state index contributed by atoms with van der Waals surface area (Å²) in [7, 11) is 0. The second-order valence-corrected chi connectivity index (χ2v) is 1.62. The van der Waals surface area contributed by atoms with Crippen LogP contribution in [0, 0.1) is 0 Å². The number of hydrogen-bond donors (Lipinski definition) is 1. The van der Waals surface area contributed by atoms with E-state index in [0.29, 0.717) is 13.0 Å². The topological polar surface area (TPSA) is 46.5 Å². The van der Waals surface area contributed by atoms with Gasteiger partial charge in [-0.15, -0.1) is 0 Å². The minimum absolute atomic E-state index is 0.0463. The van der Waals surface area contributed by atoms with Crippen LogP contribution in [0.1, 0.15) is 6.42 Å². The highest BCUT2D eigenvalue weighted by Crippen LogP contribution is 2.12. The van der Waals surface area contributed by atoms with Gasteiger partial charge in [0.15, 0.2) is 5.94 Å². The van der Waals surface area contributed by atoms with Crippen LogP contribution in [0.3, 0.4) is 0 Å². The maximum absolute atomic E-state index is 9.77. The minimum Gasteiger partial charge on any atom is -0.484 e. The number of carbonyl (C=O) groups excluding carboxylic acids is 1. The molecule has 3 heteroatoms. The van der Waals surface area contributed by atoms with Crippen molar-refractivity contribution < 1.29 is 14.6 Å². The SMILES string of the molecule is O=C=C1OCC[C@@H]1O. The zero-order chi connectivity index (χ0) is 5.98. The zero-order valence-electron chi connectivity index (χ0n) is 4.26. The molecule has 1 rings (SSSR count). The molecule has 0 aromatic heterocycles. The third kappa shape index (κ3) is 0.735. The van der Waals surface area contributed by atoms with Crippen molar-refractivity contribution in [2.45, 2.75) is 12.5 Å². The Morgan fingerprint density at radius 1 is 1.88 bits per heavy atom. The molecule has 1 saturated heterocycles. The number of aliphatic hydroxyl groups is 1. The van der Waals surface area contributed by atoms with Crippen molar-refractivity contribution in [3.05, 3.63) is 5.76 Å². The summed E-state index contributed by atoms with van der Waals surface area (Å²) >= 11 is 0. The molecule has 0 unspecified atom stereocenters. The maximum atomic E-state index is 9.77. The summed E-state index contributed by atoms with van der Waals surface area (Å²) < 4.78 is 4.66. The average Bonchev–Trinajstić information content (AvgIpc) is 2.14. The third-order valence-corrected chi connectivity index (χ3v) is 1.05. The molecule has 0 aromatic rings. The molecule has 44 valence electrons. The van der Waals surface area contributed by atoms with E-state index in [2.05, 4.69) is 4.74 Å². The molecule has 0 aliphatic carbocycles. The fraction of sp³-hybridized carbons (Fsp3) is 0.600. The highest BCUT2D eigenvalue weighted by Gasteiger charge is 2.20. The van der Waals surface area contributed by atoms with Gasteiger partial charge in [0.25, 0.3) is 0 Å². The lowest BCUT2D eigenvalue weighted by atomic mass is 10.3. The first-order valence-corrected chi connectivity index (χ1v) is 2.40. The summed E-state index contributed by atoms with van der Waals surface area (Å²) in [5.41, 5.74) is 0. The molecule has 0 radical (unpaired) electrons. The summed E-state index contributed by atoms with van der Waals surface area (Å²) in [6.45, 7) is 0.436. The molecule has 8 heavy (non-hydrogen) atoms. The molecule has 1 aliphatic rings. The summed E-state index contributed by atoms with van der Waals surface area (Å²) in [5, 5.41) is 8.76. The van der Waals surface area contributed by atoms with Gasteiger partial charge in [0, 0.05) is 6.42 Å². The van der Waals surface area contributed by atoms with E-state index in [4.69, 9.17) is 5.11 Å². The van der Waals surface area contributed by atoms with Gasteiger partial charge in [-0.05, 0) is 0 Å². The van der Waals surface area contributed by atoms with Gasteiger partial charge in [0.1, 0.15) is 6.10 Å². The average molecular weight is 114 g/mol. The Hall–Kier alpha value is -0.790. The van der Waals surface area contributed by atoms with Crippen LogP contribution in [-0.4, -0.2) is 23.8 Å². The van der Waals surface area contributed by atoms with Crippen molar-refractivity contribution in [3.63, 3.8) is 0 Å². The summed E-state index contributed by atoms with van der Waals surface area (Å²) in [6.07, 6.45) is -0.183. The van der Waals surface area contributed by atoms with Gasteiger partial charge in [-0.1, -0.05) is 0 Å². The van der Waals surface area contributed by atoms with Crippen LogP contribution in [0.2, 0.25) is 0 Å². The predicted octanol–water partition coefficient (Wildman–Crippen LogP) is -0.517. The van der Waals surface area contributed by atoms with Crippen LogP contribution < -0.4 is 0 Å². The molecule has 0 bridgehead atoms. The highest BCUT2D eigenvalue weighted by molar-refractivity contribution is 5.51. The van der Waals surface area contributed by atoms with Crippen molar-refractivity contribution in [3.8, 4) is 0 Å². The standard InChI is InChI=1S/C5H6O3/c6-3-5-4(7)1-2-8-5/h4,7H,1-2H2/t4-/m0/s1. The summed E-state index contributed by atoms with van der Waals surface area (Å²) in [4.78, 5) is 9.77. The third-order valence-electron chi connectivity index (χ3n) is 1.05. The van der Waals surface area contributed by atoms with Gasteiger partial charge in [0.05, 0.1) is 6.61 Å². The lowest BCUT2D eigenvalue weighted by Crippen LogP contribution is -2.01. The van der Waals surface area contributed by atoms with Crippen LogP contribution >= 0.6 is 0 Å². The first kappa shape index (κ1) is 5.35. The molecule has 1 heterocycles. The normalized spacial score (nSPS) is 27.1. The van der Waals surface area contributed by atoms with Gasteiger partial charge in [-0.3, -0.25) is 0 Å². The molecule has 1 fully saturated rings. The molecular formula is C5H6O3. The van der Waals surface area contributed by atoms with Crippen molar-refractivity contribution in [2.75, 3.05) is 6.61 Å². The van der Waals surface area contributed by atoms with Crippen molar-refractivity contribution in [1.82, 2.24) is 0 Å². The summed E-state index contributed by atoms with van der Waals surface area (Å²) in [5.74, 6) is 1.55. The Morgan fingerprint density at radius 2 is 2.62 bits per heavy atom. The van der Waals surface area contributed by atoms with Gasteiger partial charge >= 0.3 is 0 Å². The van der Waals surface area contributed by atoms with E-state index < -0.39 is 6.10 Å². The van der Waals surface area contributed by atoms with Crippen LogP contribution in [0.25, 0.3) is 0 Å². The quantitative estimate of drug-likeness (QED) is 0.431. The molecule has 1 aliphatic heterocycles. The zero-order valence-corrected chi connectivity index (χ0v) is 4.26. The molecular weight excluding hydrogens is 108 g/mol. The lowest BCUT2D eigenvalue weighted by molar-refractivity contribution is 0.195. The second-order valence-electron chi connectivity index (χ2n) is 1.62. The van der Waals surface area contributed by atoms with E-state index >= 15 is 0 Å². The fourth-order valence-electron chi connectivity index (χ4n) is 0.605. The first-order chi connectivity index (χ1) is 3.84. The minimum atomic E-state index is -0.701. The number of aliphatic hydroxyl groups excluding tert-OH is 1. The second kappa shape index (κ2) is 1.99. The van der Waals surface area contributed by atoms with Gasteiger partial charge in [-0.2, -0.15) is 0 Å². The van der Waals surface area contributed by atoms with Crippen LogP contribution in [0.5, 0.6) is 0 Å². The Morgan fingerprint density at radius 3 is 2.88 bits per heavy atom. The molecule has 1 N–H and O–H groups in total. The van der Waals surface area contributed by atoms with E-state index in [9.17, 15) is 4.79 Å². The molecule has 0 amide bonds. The molecule has 0 aromatic carbocycles. The van der Waals surface area contributed by atoms with Crippen LogP contribution in [-0.2, 0) is 9.53 Å². The van der Waals surface area contributed by atoms with Crippen molar-refractivity contribution in [2.24, 2.45) is 0 Å². The Balaban J connectivity index is 2.68. The number of hydrogen-bond acceptors (Lipinski definition) is 3. The highest BCUT2D eigenvalue weighted by atomic mass is 16.5.